The molecule has 1 N–H and O–H groups in total. The second kappa shape index (κ2) is 5.91. The Bertz CT molecular complexity index is 555. The van der Waals surface area contributed by atoms with Crippen LogP contribution in [0.4, 0.5) is 0 Å². The molecule has 94 valence electrons. The Labute approximate surface area is 125 Å². The van der Waals surface area contributed by atoms with E-state index in [0.717, 1.165) is 14.9 Å². The Morgan fingerprint density at radius 1 is 1.17 bits per heavy atom. The van der Waals surface area contributed by atoms with Crippen molar-refractivity contribution in [3.63, 3.8) is 0 Å². The van der Waals surface area contributed by atoms with Gasteiger partial charge < -0.3 is 9.84 Å². The summed E-state index contributed by atoms with van der Waals surface area (Å²) in [7, 11) is 0. The van der Waals surface area contributed by atoms with Crippen LogP contribution >= 0.6 is 34.2 Å². The summed E-state index contributed by atoms with van der Waals surface area (Å²) in [5.74, 6) is 1.36. The summed E-state index contributed by atoms with van der Waals surface area (Å²) < 4.78 is 6.77. The number of aliphatic hydroxyl groups excluding tert-OH is 1. The van der Waals surface area contributed by atoms with E-state index in [1.165, 1.54) is 0 Å². The number of halogens is 2. The standard InChI is InChI=1S/C14H12ClIO2/c1-9(17)10-6-7-13(11(15)8-10)18-14-5-3-2-4-12(14)16/h2-9,17H,1H3. The summed E-state index contributed by atoms with van der Waals surface area (Å²) >= 11 is 8.35. The number of hydrogen-bond acceptors (Lipinski definition) is 2. The topological polar surface area (TPSA) is 29.5 Å². The molecule has 2 rings (SSSR count). The fraction of sp³-hybridized carbons (Fsp3) is 0.143. The highest BCUT2D eigenvalue weighted by Gasteiger charge is 2.08. The zero-order chi connectivity index (χ0) is 13.1. The molecule has 0 aliphatic carbocycles. The van der Waals surface area contributed by atoms with Gasteiger partial charge in [-0.25, -0.2) is 0 Å². The summed E-state index contributed by atoms with van der Waals surface area (Å²) in [5, 5.41) is 9.97. The van der Waals surface area contributed by atoms with Crippen molar-refractivity contribution in [3.8, 4) is 11.5 Å². The van der Waals surface area contributed by atoms with E-state index in [4.69, 9.17) is 16.3 Å². The first kappa shape index (κ1) is 13.6. The van der Waals surface area contributed by atoms with Crippen LogP contribution in [0.15, 0.2) is 42.5 Å². The first-order chi connectivity index (χ1) is 8.58. The Kier molecular flexibility index (Phi) is 4.48. The highest BCUT2D eigenvalue weighted by atomic mass is 127. The third kappa shape index (κ3) is 3.16. The van der Waals surface area contributed by atoms with Gasteiger partial charge >= 0.3 is 0 Å². The van der Waals surface area contributed by atoms with Crippen molar-refractivity contribution >= 4 is 34.2 Å². The molecule has 0 radical (unpaired) electrons. The fourth-order valence-corrected chi connectivity index (χ4v) is 2.23. The zero-order valence-electron chi connectivity index (χ0n) is 9.73. The summed E-state index contributed by atoms with van der Waals surface area (Å²) in [4.78, 5) is 0. The van der Waals surface area contributed by atoms with Crippen LogP contribution in [-0.2, 0) is 0 Å². The molecule has 0 saturated heterocycles. The molecule has 1 atom stereocenters. The van der Waals surface area contributed by atoms with Gasteiger partial charge in [-0.05, 0) is 59.3 Å². The van der Waals surface area contributed by atoms with Crippen LogP contribution in [0.1, 0.15) is 18.6 Å². The minimum absolute atomic E-state index is 0.494. The Hall–Kier alpha value is -0.780. The summed E-state index contributed by atoms with van der Waals surface area (Å²) in [6, 6.07) is 13.0. The molecule has 2 aromatic carbocycles. The van der Waals surface area contributed by atoms with Gasteiger partial charge in [0.05, 0.1) is 14.7 Å². The van der Waals surface area contributed by atoms with Gasteiger partial charge in [0.1, 0.15) is 11.5 Å². The quantitative estimate of drug-likeness (QED) is 0.783. The largest absolute Gasteiger partial charge is 0.455 e. The van der Waals surface area contributed by atoms with Crippen LogP contribution < -0.4 is 4.74 Å². The first-order valence-corrected chi connectivity index (χ1v) is 6.93. The van der Waals surface area contributed by atoms with Gasteiger partial charge in [0.2, 0.25) is 0 Å². The van der Waals surface area contributed by atoms with Crippen LogP contribution in [-0.4, -0.2) is 5.11 Å². The van der Waals surface area contributed by atoms with Crippen molar-refractivity contribution in [2.45, 2.75) is 13.0 Å². The van der Waals surface area contributed by atoms with Gasteiger partial charge in [0.25, 0.3) is 0 Å². The molecular formula is C14H12ClIO2. The Morgan fingerprint density at radius 2 is 1.89 bits per heavy atom. The number of aliphatic hydroxyl groups is 1. The SMILES string of the molecule is CC(O)c1ccc(Oc2ccccc2I)c(Cl)c1. The lowest BCUT2D eigenvalue weighted by Gasteiger charge is -2.11. The monoisotopic (exact) mass is 374 g/mol. The predicted octanol–water partition coefficient (Wildman–Crippen LogP) is 4.79. The average molecular weight is 375 g/mol. The molecule has 0 aliphatic heterocycles. The van der Waals surface area contributed by atoms with Crippen LogP contribution in [0.5, 0.6) is 11.5 Å². The van der Waals surface area contributed by atoms with E-state index < -0.39 is 6.10 Å². The first-order valence-electron chi connectivity index (χ1n) is 5.48. The maximum absolute atomic E-state index is 9.47. The van der Waals surface area contributed by atoms with E-state index in [1.807, 2.05) is 30.3 Å². The van der Waals surface area contributed by atoms with Crippen molar-refractivity contribution in [1.29, 1.82) is 0 Å². The molecule has 0 amide bonds. The van der Waals surface area contributed by atoms with E-state index in [9.17, 15) is 5.11 Å². The maximum Gasteiger partial charge on any atom is 0.146 e. The molecule has 0 spiro atoms. The molecular weight excluding hydrogens is 363 g/mol. The molecule has 0 fully saturated rings. The normalized spacial score (nSPS) is 12.2. The highest BCUT2D eigenvalue weighted by Crippen LogP contribution is 2.33. The van der Waals surface area contributed by atoms with E-state index in [0.29, 0.717) is 10.8 Å². The lowest BCUT2D eigenvalue weighted by Crippen LogP contribution is -1.93. The second-order valence-electron chi connectivity index (χ2n) is 3.90. The number of hydrogen-bond donors (Lipinski definition) is 1. The molecule has 2 nitrogen and oxygen atoms in total. The van der Waals surface area contributed by atoms with Gasteiger partial charge in [-0.2, -0.15) is 0 Å². The predicted molar refractivity (Wildman–Crippen MR) is 81.3 cm³/mol. The lowest BCUT2D eigenvalue weighted by molar-refractivity contribution is 0.199. The second-order valence-corrected chi connectivity index (χ2v) is 5.47. The van der Waals surface area contributed by atoms with E-state index >= 15 is 0 Å². The number of benzene rings is 2. The molecule has 0 bridgehead atoms. The number of rotatable bonds is 3. The third-order valence-corrected chi connectivity index (χ3v) is 3.68. The fourth-order valence-electron chi connectivity index (χ4n) is 1.51. The summed E-state index contributed by atoms with van der Waals surface area (Å²) in [6.45, 7) is 1.70. The van der Waals surface area contributed by atoms with E-state index in [-0.39, 0.29) is 0 Å². The van der Waals surface area contributed by atoms with Gasteiger partial charge in [-0.1, -0.05) is 29.8 Å². The van der Waals surface area contributed by atoms with Gasteiger partial charge in [-0.3, -0.25) is 0 Å². The Morgan fingerprint density at radius 3 is 2.50 bits per heavy atom. The van der Waals surface area contributed by atoms with Crippen LogP contribution in [0.2, 0.25) is 5.02 Å². The van der Waals surface area contributed by atoms with Gasteiger partial charge in [0, 0.05) is 0 Å². The molecule has 4 heteroatoms. The van der Waals surface area contributed by atoms with Crippen molar-refractivity contribution in [2.75, 3.05) is 0 Å². The highest BCUT2D eigenvalue weighted by molar-refractivity contribution is 14.1. The van der Waals surface area contributed by atoms with Crippen molar-refractivity contribution in [3.05, 3.63) is 56.6 Å². The minimum Gasteiger partial charge on any atom is -0.455 e. The molecule has 1 unspecified atom stereocenters. The summed E-state index contributed by atoms with van der Waals surface area (Å²) in [5.41, 5.74) is 0.773. The van der Waals surface area contributed by atoms with E-state index in [1.54, 1.807) is 19.1 Å². The third-order valence-electron chi connectivity index (χ3n) is 2.49. The molecule has 18 heavy (non-hydrogen) atoms. The smallest absolute Gasteiger partial charge is 0.146 e. The van der Waals surface area contributed by atoms with Crippen LogP contribution in [0, 0.1) is 3.57 Å². The molecule has 0 saturated carbocycles. The number of ether oxygens (including phenoxy) is 1. The molecule has 0 heterocycles. The average Bonchev–Trinajstić information content (AvgIpc) is 2.34. The van der Waals surface area contributed by atoms with Gasteiger partial charge in [0.15, 0.2) is 0 Å². The molecule has 2 aromatic rings. The lowest BCUT2D eigenvalue weighted by atomic mass is 10.1. The maximum atomic E-state index is 9.47. The van der Waals surface area contributed by atoms with Crippen molar-refractivity contribution in [2.24, 2.45) is 0 Å². The summed E-state index contributed by atoms with van der Waals surface area (Å²) in [6.07, 6.45) is -0.534. The zero-order valence-corrected chi connectivity index (χ0v) is 12.6. The van der Waals surface area contributed by atoms with Crippen LogP contribution in [0.25, 0.3) is 0 Å². The number of para-hydroxylation sites is 1. The van der Waals surface area contributed by atoms with Crippen LogP contribution in [0.3, 0.4) is 0 Å². The Balaban J connectivity index is 2.28. The van der Waals surface area contributed by atoms with Crippen molar-refractivity contribution < 1.29 is 9.84 Å². The van der Waals surface area contributed by atoms with E-state index in [2.05, 4.69) is 22.6 Å². The minimum atomic E-state index is -0.534. The van der Waals surface area contributed by atoms with Gasteiger partial charge in [-0.15, -0.1) is 0 Å². The molecule has 0 aliphatic rings. The van der Waals surface area contributed by atoms with Crippen molar-refractivity contribution in [1.82, 2.24) is 0 Å². The molecule has 0 aromatic heterocycles.